The molecule has 1 aromatic rings. The predicted molar refractivity (Wildman–Crippen MR) is 42.9 cm³/mol. The Morgan fingerprint density at radius 1 is 1.31 bits per heavy atom. The van der Waals surface area contributed by atoms with Crippen LogP contribution in [-0.2, 0) is 4.79 Å². The molecule has 1 saturated heterocycles. The van der Waals surface area contributed by atoms with Gasteiger partial charge in [-0.1, -0.05) is 0 Å². The van der Waals surface area contributed by atoms with Crippen LogP contribution in [0.25, 0.3) is 0 Å². The summed E-state index contributed by atoms with van der Waals surface area (Å²) in [5, 5.41) is 2.16. The molecule has 3 amide bonds. The molecular weight excluding hydrogens is 172 g/mol. The number of hydrogen-bond acceptors (Lipinski definition) is 4. The predicted octanol–water partition coefficient (Wildman–Crippen LogP) is -0.467. The van der Waals surface area contributed by atoms with E-state index in [1.54, 1.807) is 0 Å². The number of urea groups is 1. The highest BCUT2D eigenvalue weighted by atomic mass is 16.2. The van der Waals surface area contributed by atoms with Crippen LogP contribution >= 0.6 is 0 Å². The van der Waals surface area contributed by atoms with Crippen LogP contribution in [0.1, 0.15) is 0 Å². The normalized spacial score (nSPS) is 16.2. The first-order valence-electron chi connectivity index (χ1n) is 3.64. The van der Waals surface area contributed by atoms with E-state index in [1.165, 1.54) is 23.6 Å². The third kappa shape index (κ3) is 1.33. The summed E-state index contributed by atoms with van der Waals surface area (Å²) in [5.74, 6) is -0.311. The minimum absolute atomic E-state index is 0.0339. The lowest BCUT2D eigenvalue weighted by Crippen LogP contribution is -2.27. The summed E-state index contributed by atoms with van der Waals surface area (Å²) in [6.45, 7) is 0.0339. The van der Waals surface area contributed by atoms with Crippen molar-refractivity contribution in [2.24, 2.45) is 0 Å². The Hall–Kier alpha value is -1.98. The van der Waals surface area contributed by atoms with Crippen LogP contribution in [0.4, 0.5) is 10.5 Å². The van der Waals surface area contributed by atoms with Gasteiger partial charge in [-0.05, 0) is 0 Å². The highest BCUT2D eigenvalue weighted by Gasteiger charge is 2.27. The second kappa shape index (κ2) is 2.81. The van der Waals surface area contributed by atoms with Gasteiger partial charge in [0, 0.05) is 0 Å². The Bertz CT molecular complexity index is 351. The van der Waals surface area contributed by atoms with E-state index in [0.29, 0.717) is 5.69 Å². The molecule has 2 rings (SSSR count). The van der Waals surface area contributed by atoms with Crippen molar-refractivity contribution in [1.82, 2.24) is 15.3 Å². The van der Waals surface area contributed by atoms with Gasteiger partial charge in [0.15, 0.2) is 0 Å². The number of aromatic nitrogens is 2. The molecule has 0 unspecified atom stereocenters. The Morgan fingerprint density at radius 2 is 2.00 bits per heavy atom. The van der Waals surface area contributed by atoms with Crippen molar-refractivity contribution in [2.45, 2.75) is 0 Å². The second-order valence-corrected chi connectivity index (χ2v) is 2.54. The molecule has 0 spiro atoms. The second-order valence-electron chi connectivity index (χ2n) is 2.54. The summed E-state index contributed by atoms with van der Waals surface area (Å²) >= 11 is 0. The van der Waals surface area contributed by atoms with Crippen molar-refractivity contribution in [3.63, 3.8) is 0 Å². The van der Waals surface area contributed by atoms with Crippen molar-refractivity contribution in [3.05, 3.63) is 18.7 Å². The summed E-state index contributed by atoms with van der Waals surface area (Å²) in [5.41, 5.74) is 0.519. The number of anilines is 1. The number of nitrogens with one attached hydrogen (secondary N) is 1. The minimum atomic E-state index is -0.431. The van der Waals surface area contributed by atoms with E-state index in [1.807, 2.05) is 0 Å². The molecule has 1 fully saturated rings. The van der Waals surface area contributed by atoms with Crippen molar-refractivity contribution in [1.29, 1.82) is 0 Å². The van der Waals surface area contributed by atoms with E-state index in [0.717, 1.165) is 0 Å². The molecule has 1 N–H and O–H groups in total. The lowest BCUT2D eigenvalue weighted by molar-refractivity contribution is -0.117. The standard InChI is InChI=1S/C7H6N4O2/c12-6-3-11(7(13)10-6)5-1-8-4-9-2-5/h1-2,4H,3H2,(H,10,12,13). The zero-order valence-corrected chi connectivity index (χ0v) is 6.60. The zero-order chi connectivity index (χ0) is 9.26. The lowest BCUT2D eigenvalue weighted by atomic mass is 10.4. The Morgan fingerprint density at radius 3 is 2.54 bits per heavy atom. The van der Waals surface area contributed by atoms with Crippen LogP contribution in [0, 0.1) is 0 Å². The molecule has 0 atom stereocenters. The molecule has 13 heavy (non-hydrogen) atoms. The van der Waals surface area contributed by atoms with Crippen LogP contribution < -0.4 is 10.2 Å². The SMILES string of the molecule is O=C1CN(c2cncnc2)C(=O)N1. The van der Waals surface area contributed by atoms with E-state index >= 15 is 0 Å². The maximum Gasteiger partial charge on any atom is 0.329 e. The van der Waals surface area contributed by atoms with Gasteiger partial charge in [-0.3, -0.25) is 15.0 Å². The average molecular weight is 178 g/mol. The Kier molecular flexibility index (Phi) is 1.66. The van der Waals surface area contributed by atoms with Gasteiger partial charge in [0.2, 0.25) is 5.91 Å². The monoisotopic (exact) mass is 178 g/mol. The van der Waals surface area contributed by atoms with Gasteiger partial charge in [-0.2, -0.15) is 0 Å². The number of nitrogens with zero attached hydrogens (tertiary/aromatic N) is 3. The number of carbonyl (C=O) groups is 2. The van der Waals surface area contributed by atoms with E-state index in [-0.39, 0.29) is 12.5 Å². The first-order chi connectivity index (χ1) is 6.27. The van der Waals surface area contributed by atoms with E-state index < -0.39 is 6.03 Å². The molecule has 2 heterocycles. The van der Waals surface area contributed by atoms with Crippen molar-refractivity contribution < 1.29 is 9.59 Å². The van der Waals surface area contributed by atoms with Crippen LogP contribution in [-0.4, -0.2) is 28.5 Å². The van der Waals surface area contributed by atoms with Gasteiger partial charge in [0.1, 0.15) is 12.9 Å². The molecule has 1 aliphatic heterocycles. The molecule has 0 bridgehead atoms. The summed E-state index contributed by atoms with van der Waals surface area (Å²) in [7, 11) is 0. The fourth-order valence-corrected chi connectivity index (χ4v) is 1.08. The maximum absolute atomic E-state index is 11.1. The number of carbonyl (C=O) groups excluding carboxylic acids is 2. The average Bonchev–Trinajstić information content (AvgIpc) is 2.47. The fraction of sp³-hybridized carbons (Fsp3) is 0.143. The third-order valence-electron chi connectivity index (χ3n) is 1.65. The molecule has 6 nitrogen and oxygen atoms in total. The van der Waals surface area contributed by atoms with E-state index in [9.17, 15) is 9.59 Å². The third-order valence-corrected chi connectivity index (χ3v) is 1.65. The highest BCUT2D eigenvalue weighted by molar-refractivity contribution is 6.12. The van der Waals surface area contributed by atoms with Crippen molar-refractivity contribution in [3.8, 4) is 0 Å². The van der Waals surface area contributed by atoms with Gasteiger partial charge in [-0.25, -0.2) is 14.8 Å². The molecular formula is C7H6N4O2. The van der Waals surface area contributed by atoms with E-state index in [2.05, 4.69) is 15.3 Å². The quantitative estimate of drug-likeness (QED) is 0.590. The van der Waals surface area contributed by atoms with Gasteiger partial charge in [0.05, 0.1) is 18.1 Å². The molecule has 0 aliphatic carbocycles. The number of hydrogen-bond donors (Lipinski definition) is 1. The summed E-state index contributed by atoms with van der Waals surface area (Å²) in [4.78, 5) is 30.7. The summed E-state index contributed by atoms with van der Waals surface area (Å²) in [6.07, 6.45) is 4.32. The van der Waals surface area contributed by atoms with Crippen LogP contribution in [0.3, 0.4) is 0 Å². The number of rotatable bonds is 1. The first-order valence-corrected chi connectivity index (χ1v) is 3.64. The number of amides is 3. The smallest absolute Gasteiger partial charge is 0.282 e. The van der Waals surface area contributed by atoms with Gasteiger partial charge < -0.3 is 0 Å². The van der Waals surface area contributed by atoms with Crippen molar-refractivity contribution >= 4 is 17.6 Å². The molecule has 1 aliphatic rings. The molecule has 66 valence electrons. The Labute approximate surface area is 73.6 Å². The van der Waals surface area contributed by atoms with Crippen LogP contribution in [0.15, 0.2) is 18.7 Å². The largest absolute Gasteiger partial charge is 0.329 e. The van der Waals surface area contributed by atoms with Gasteiger partial charge >= 0.3 is 6.03 Å². The highest BCUT2D eigenvalue weighted by Crippen LogP contribution is 2.12. The lowest BCUT2D eigenvalue weighted by Gasteiger charge is -2.10. The van der Waals surface area contributed by atoms with E-state index in [4.69, 9.17) is 0 Å². The Balaban J connectivity index is 2.28. The first kappa shape index (κ1) is 7.66. The molecule has 6 heteroatoms. The molecule has 0 aromatic carbocycles. The summed E-state index contributed by atoms with van der Waals surface area (Å²) in [6, 6.07) is -0.431. The molecule has 1 aromatic heterocycles. The van der Waals surface area contributed by atoms with Gasteiger partial charge in [-0.15, -0.1) is 0 Å². The molecule has 0 saturated carbocycles. The fourth-order valence-electron chi connectivity index (χ4n) is 1.08. The zero-order valence-electron chi connectivity index (χ0n) is 6.60. The van der Waals surface area contributed by atoms with Crippen molar-refractivity contribution in [2.75, 3.05) is 11.4 Å². The van der Waals surface area contributed by atoms with Crippen LogP contribution in [0.5, 0.6) is 0 Å². The maximum atomic E-state index is 11.1. The van der Waals surface area contributed by atoms with Gasteiger partial charge in [0.25, 0.3) is 0 Å². The molecule has 0 radical (unpaired) electrons. The van der Waals surface area contributed by atoms with Crippen LogP contribution in [0.2, 0.25) is 0 Å². The number of imide groups is 1. The summed E-state index contributed by atoms with van der Waals surface area (Å²) < 4.78 is 0. The topological polar surface area (TPSA) is 75.2 Å². The minimum Gasteiger partial charge on any atom is -0.282 e.